The lowest BCUT2D eigenvalue weighted by Gasteiger charge is -2.21. The van der Waals surface area contributed by atoms with Gasteiger partial charge in [0.2, 0.25) is 0 Å². The van der Waals surface area contributed by atoms with Gasteiger partial charge in [-0.2, -0.15) is 0 Å². The Morgan fingerprint density at radius 3 is 2.29 bits per heavy atom. The van der Waals surface area contributed by atoms with Gasteiger partial charge in [-0.1, -0.05) is 24.3 Å². The predicted octanol–water partition coefficient (Wildman–Crippen LogP) is 0.499. The first-order chi connectivity index (χ1) is 8.16. The molecule has 0 bridgehead atoms. The molecule has 4 nitrogen and oxygen atoms in total. The predicted molar refractivity (Wildman–Crippen MR) is 65.9 cm³/mol. The van der Waals surface area contributed by atoms with Crippen LogP contribution in [0.5, 0.6) is 0 Å². The van der Waals surface area contributed by atoms with Crippen molar-refractivity contribution in [1.82, 2.24) is 4.90 Å². The molecule has 0 amide bonds. The van der Waals surface area contributed by atoms with Crippen LogP contribution >= 0.6 is 0 Å². The molecular formula is C13H18N2O2. The number of carboxylic acids is 1. The van der Waals surface area contributed by atoms with Gasteiger partial charge >= 0.3 is 5.97 Å². The van der Waals surface area contributed by atoms with E-state index in [9.17, 15) is 4.79 Å². The number of carbonyl (C=O) groups is 1. The molecule has 1 aliphatic rings. The normalized spacial score (nSPS) is 18.2. The monoisotopic (exact) mass is 234 g/mol. The lowest BCUT2D eigenvalue weighted by atomic mass is 10.0. The van der Waals surface area contributed by atoms with Crippen LogP contribution in [-0.2, 0) is 17.6 Å². The van der Waals surface area contributed by atoms with E-state index in [1.807, 2.05) is 0 Å². The minimum atomic E-state index is -0.924. The zero-order chi connectivity index (χ0) is 12.3. The van der Waals surface area contributed by atoms with E-state index in [1.54, 1.807) is 0 Å². The van der Waals surface area contributed by atoms with Gasteiger partial charge in [-0.15, -0.1) is 0 Å². The summed E-state index contributed by atoms with van der Waals surface area (Å²) in [5, 5.41) is 8.80. The molecule has 0 spiro atoms. The fraction of sp³-hybridized carbons (Fsp3) is 0.462. The van der Waals surface area contributed by atoms with Gasteiger partial charge in [0.1, 0.15) is 6.04 Å². The van der Waals surface area contributed by atoms with E-state index in [4.69, 9.17) is 10.8 Å². The molecule has 17 heavy (non-hydrogen) atoms. The summed E-state index contributed by atoms with van der Waals surface area (Å²) in [7, 11) is 0. The maximum absolute atomic E-state index is 10.7. The lowest BCUT2D eigenvalue weighted by molar-refractivity contribution is -0.139. The molecule has 0 saturated carbocycles. The molecule has 1 aliphatic heterocycles. The van der Waals surface area contributed by atoms with Crippen molar-refractivity contribution in [2.24, 2.45) is 5.73 Å². The Morgan fingerprint density at radius 2 is 1.82 bits per heavy atom. The highest BCUT2D eigenvalue weighted by Crippen LogP contribution is 2.15. The van der Waals surface area contributed by atoms with Crippen molar-refractivity contribution >= 4 is 5.97 Å². The largest absolute Gasteiger partial charge is 0.480 e. The fourth-order valence-corrected chi connectivity index (χ4v) is 2.25. The van der Waals surface area contributed by atoms with Gasteiger partial charge in [-0.3, -0.25) is 4.79 Å². The first-order valence-corrected chi connectivity index (χ1v) is 5.94. The van der Waals surface area contributed by atoms with E-state index >= 15 is 0 Å². The topological polar surface area (TPSA) is 66.6 Å². The molecule has 1 atom stereocenters. The molecule has 1 aromatic rings. The first kappa shape index (κ1) is 12.1. The molecular weight excluding hydrogens is 216 g/mol. The van der Waals surface area contributed by atoms with Crippen LogP contribution in [-0.4, -0.2) is 41.7 Å². The van der Waals surface area contributed by atoms with E-state index in [2.05, 4.69) is 29.2 Å². The Hall–Kier alpha value is -1.39. The van der Waals surface area contributed by atoms with Crippen molar-refractivity contribution in [1.29, 1.82) is 0 Å². The van der Waals surface area contributed by atoms with Crippen LogP contribution in [0.2, 0.25) is 0 Å². The molecule has 0 aromatic heterocycles. The Kier molecular flexibility index (Phi) is 3.76. The molecule has 0 fully saturated rings. The number of carboxylic acid groups (broad SMARTS) is 1. The summed E-state index contributed by atoms with van der Waals surface area (Å²) in [4.78, 5) is 12.9. The highest BCUT2D eigenvalue weighted by molar-refractivity contribution is 5.73. The third-order valence-corrected chi connectivity index (χ3v) is 3.29. The summed E-state index contributed by atoms with van der Waals surface area (Å²) >= 11 is 0. The maximum Gasteiger partial charge on any atom is 0.321 e. The smallest absolute Gasteiger partial charge is 0.321 e. The summed E-state index contributed by atoms with van der Waals surface area (Å²) in [6, 6.07) is 7.62. The Bertz CT molecular complexity index is 379. The number of nitrogens with zero attached hydrogens (tertiary/aromatic N) is 1. The number of nitrogens with two attached hydrogens (primary N) is 1. The van der Waals surface area contributed by atoms with Crippen LogP contribution in [0.25, 0.3) is 0 Å². The van der Waals surface area contributed by atoms with Crippen LogP contribution in [0.1, 0.15) is 11.1 Å². The standard InChI is InChI=1S/C13H18N2O2/c14-12(13(16)17)9-15-7-5-10-3-1-2-4-11(10)6-8-15/h1-4,12H,5-9,14H2,(H,16,17). The number of benzene rings is 1. The number of rotatable bonds is 3. The quantitative estimate of drug-likeness (QED) is 0.799. The molecule has 2 rings (SSSR count). The fourth-order valence-electron chi connectivity index (χ4n) is 2.25. The van der Waals surface area contributed by atoms with Crippen LogP contribution in [0.15, 0.2) is 24.3 Å². The number of hydrogen-bond acceptors (Lipinski definition) is 3. The number of aliphatic carboxylic acids is 1. The third-order valence-electron chi connectivity index (χ3n) is 3.29. The first-order valence-electron chi connectivity index (χ1n) is 5.94. The minimum Gasteiger partial charge on any atom is -0.480 e. The van der Waals surface area contributed by atoms with E-state index in [0.29, 0.717) is 6.54 Å². The van der Waals surface area contributed by atoms with Gasteiger partial charge in [0.25, 0.3) is 0 Å². The van der Waals surface area contributed by atoms with Crippen LogP contribution in [0.3, 0.4) is 0 Å². The van der Waals surface area contributed by atoms with Crippen molar-refractivity contribution < 1.29 is 9.90 Å². The van der Waals surface area contributed by atoms with Crippen molar-refractivity contribution in [3.63, 3.8) is 0 Å². The second-order valence-corrected chi connectivity index (χ2v) is 4.51. The van der Waals surface area contributed by atoms with E-state index in [0.717, 1.165) is 25.9 Å². The summed E-state index contributed by atoms with van der Waals surface area (Å²) < 4.78 is 0. The summed E-state index contributed by atoms with van der Waals surface area (Å²) in [6.07, 6.45) is 1.95. The van der Waals surface area contributed by atoms with Gasteiger partial charge in [-0.25, -0.2) is 0 Å². The second kappa shape index (κ2) is 5.29. The summed E-state index contributed by atoms with van der Waals surface area (Å²) in [5.74, 6) is -0.924. The molecule has 0 radical (unpaired) electrons. The molecule has 3 N–H and O–H groups in total. The maximum atomic E-state index is 10.7. The SMILES string of the molecule is NC(CN1CCc2ccccc2CC1)C(=O)O. The average molecular weight is 234 g/mol. The summed E-state index contributed by atoms with van der Waals surface area (Å²) in [5.41, 5.74) is 8.31. The van der Waals surface area contributed by atoms with Crippen molar-refractivity contribution in [2.45, 2.75) is 18.9 Å². The zero-order valence-electron chi connectivity index (χ0n) is 9.80. The van der Waals surface area contributed by atoms with Crippen LogP contribution < -0.4 is 5.73 Å². The second-order valence-electron chi connectivity index (χ2n) is 4.51. The number of hydrogen-bond donors (Lipinski definition) is 2. The number of fused-ring (bicyclic) bond motifs is 1. The van der Waals surface area contributed by atoms with Gasteiger partial charge in [0.15, 0.2) is 0 Å². The Balaban J connectivity index is 1.97. The zero-order valence-corrected chi connectivity index (χ0v) is 9.80. The molecule has 4 heteroatoms. The van der Waals surface area contributed by atoms with E-state index < -0.39 is 12.0 Å². The molecule has 92 valence electrons. The van der Waals surface area contributed by atoms with Crippen molar-refractivity contribution in [3.05, 3.63) is 35.4 Å². The molecule has 1 heterocycles. The van der Waals surface area contributed by atoms with Crippen molar-refractivity contribution in [3.8, 4) is 0 Å². The van der Waals surface area contributed by atoms with Gasteiger partial charge in [0.05, 0.1) is 0 Å². The lowest BCUT2D eigenvalue weighted by Crippen LogP contribution is -2.43. The van der Waals surface area contributed by atoms with E-state index in [-0.39, 0.29) is 0 Å². The minimum absolute atomic E-state index is 0.434. The molecule has 0 aliphatic carbocycles. The highest BCUT2D eigenvalue weighted by atomic mass is 16.4. The summed E-state index contributed by atoms with van der Waals surface area (Å²) in [6.45, 7) is 2.21. The molecule has 1 aromatic carbocycles. The molecule has 0 saturated heterocycles. The van der Waals surface area contributed by atoms with Gasteiger partial charge < -0.3 is 15.7 Å². The van der Waals surface area contributed by atoms with Gasteiger partial charge in [-0.05, 0) is 24.0 Å². The molecule has 1 unspecified atom stereocenters. The van der Waals surface area contributed by atoms with E-state index in [1.165, 1.54) is 11.1 Å². The Morgan fingerprint density at radius 1 is 1.29 bits per heavy atom. The third kappa shape index (κ3) is 3.05. The van der Waals surface area contributed by atoms with Crippen molar-refractivity contribution in [2.75, 3.05) is 19.6 Å². The van der Waals surface area contributed by atoms with Gasteiger partial charge in [0, 0.05) is 19.6 Å². The Labute approximate surface area is 101 Å². The van der Waals surface area contributed by atoms with Crippen LogP contribution in [0, 0.1) is 0 Å². The average Bonchev–Trinajstić information content (AvgIpc) is 2.52. The highest BCUT2D eigenvalue weighted by Gasteiger charge is 2.19. The van der Waals surface area contributed by atoms with Crippen LogP contribution in [0.4, 0.5) is 0 Å².